The minimum absolute atomic E-state index is 0.108. The van der Waals surface area contributed by atoms with E-state index in [-0.39, 0.29) is 25.7 Å². The van der Waals surface area contributed by atoms with Gasteiger partial charge in [-0.15, -0.1) is 0 Å². The second-order valence-electron chi connectivity index (χ2n) is 28.7. The zero-order chi connectivity index (χ0) is 71.9. The number of rotatable bonds is 79. The van der Waals surface area contributed by atoms with Crippen molar-refractivity contribution in [3.05, 3.63) is 0 Å². The molecule has 98 heavy (non-hydrogen) atoms. The highest BCUT2D eigenvalue weighted by atomic mass is 31.2. The van der Waals surface area contributed by atoms with Crippen molar-refractivity contribution < 1.29 is 80.2 Å². The van der Waals surface area contributed by atoms with Gasteiger partial charge in [0.1, 0.15) is 19.3 Å². The lowest BCUT2D eigenvalue weighted by atomic mass is 9.99. The zero-order valence-corrected chi connectivity index (χ0v) is 65.7. The molecule has 0 rings (SSSR count). The molecule has 0 spiro atoms. The zero-order valence-electron chi connectivity index (χ0n) is 63.9. The summed E-state index contributed by atoms with van der Waals surface area (Å²) >= 11 is 0. The average Bonchev–Trinajstić information content (AvgIpc) is 1.05. The Labute approximate surface area is 600 Å². The molecule has 0 aliphatic heterocycles. The second kappa shape index (κ2) is 72.0. The maximum Gasteiger partial charge on any atom is 0.472 e. The predicted octanol–water partition coefficient (Wildman–Crippen LogP) is 23.6. The quantitative estimate of drug-likeness (QED) is 0.0222. The van der Waals surface area contributed by atoms with Crippen molar-refractivity contribution >= 4 is 39.5 Å². The average molecular weight is 1440 g/mol. The SMILES string of the molecule is CCCCCCCCCCCCCCCCCCCCC(=O)OC[C@H](COP(=O)(O)OC[C@@H](O)COP(=O)(O)OC[C@@H](COC(=O)CCCCCCCCCCCC)OC(=O)CCCCCCCCCCCCCC)OC(=O)CCCCCCCCCCCCCCCCC(C)CC. The summed E-state index contributed by atoms with van der Waals surface area (Å²) < 4.78 is 68.6. The minimum Gasteiger partial charge on any atom is -0.462 e. The van der Waals surface area contributed by atoms with E-state index in [1.807, 2.05) is 0 Å². The summed E-state index contributed by atoms with van der Waals surface area (Å²) in [6, 6.07) is 0. The van der Waals surface area contributed by atoms with Gasteiger partial charge < -0.3 is 33.8 Å². The maximum atomic E-state index is 13.1. The molecule has 6 atom stereocenters. The monoisotopic (exact) mass is 1440 g/mol. The summed E-state index contributed by atoms with van der Waals surface area (Å²) in [5.41, 5.74) is 0. The van der Waals surface area contributed by atoms with Crippen molar-refractivity contribution in [2.45, 2.75) is 438 Å². The summed E-state index contributed by atoms with van der Waals surface area (Å²) in [6.07, 6.45) is 62.3. The van der Waals surface area contributed by atoms with Crippen molar-refractivity contribution in [3.8, 4) is 0 Å². The normalized spacial score (nSPS) is 14.2. The predicted molar refractivity (Wildman–Crippen MR) is 400 cm³/mol. The van der Waals surface area contributed by atoms with Crippen molar-refractivity contribution in [2.24, 2.45) is 5.92 Å². The van der Waals surface area contributed by atoms with Gasteiger partial charge in [0.05, 0.1) is 26.4 Å². The smallest absolute Gasteiger partial charge is 0.462 e. The van der Waals surface area contributed by atoms with Crippen molar-refractivity contribution in [1.82, 2.24) is 0 Å². The lowest BCUT2D eigenvalue weighted by molar-refractivity contribution is -0.161. The van der Waals surface area contributed by atoms with E-state index in [1.54, 1.807) is 0 Å². The van der Waals surface area contributed by atoms with E-state index < -0.39 is 97.5 Å². The third kappa shape index (κ3) is 71.1. The van der Waals surface area contributed by atoms with Crippen LogP contribution in [0.3, 0.4) is 0 Å². The largest absolute Gasteiger partial charge is 0.472 e. The van der Waals surface area contributed by atoms with Crippen LogP contribution in [0, 0.1) is 5.92 Å². The molecule has 0 aromatic rings. The fourth-order valence-electron chi connectivity index (χ4n) is 12.2. The van der Waals surface area contributed by atoms with Crippen LogP contribution in [0.2, 0.25) is 0 Å². The van der Waals surface area contributed by atoms with Crippen LogP contribution >= 0.6 is 15.6 Å². The van der Waals surface area contributed by atoms with Gasteiger partial charge in [0, 0.05) is 25.7 Å². The van der Waals surface area contributed by atoms with Crippen LogP contribution in [-0.2, 0) is 65.4 Å². The van der Waals surface area contributed by atoms with Gasteiger partial charge in [-0.05, 0) is 31.6 Å². The van der Waals surface area contributed by atoms with Crippen LogP contribution < -0.4 is 0 Å². The molecule has 0 saturated carbocycles. The number of unbranched alkanes of at least 4 members (excludes halogenated alkanes) is 50. The van der Waals surface area contributed by atoms with Crippen LogP contribution in [0.4, 0.5) is 0 Å². The van der Waals surface area contributed by atoms with Crippen molar-refractivity contribution in [1.29, 1.82) is 0 Å². The Balaban J connectivity index is 5.23. The molecule has 0 bridgehead atoms. The molecular weight excluding hydrogens is 1280 g/mol. The van der Waals surface area contributed by atoms with Crippen LogP contribution in [0.5, 0.6) is 0 Å². The number of ether oxygens (including phenoxy) is 4. The van der Waals surface area contributed by atoms with Crippen LogP contribution in [0.1, 0.15) is 420 Å². The number of esters is 4. The van der Waals surface area contributed by atoms with E-state index in [0.717, 1.165) is 95.8 Å². The van der Waals surface area contributed by atoms with Crippen LogP contribution in [0.15, 0.2) is 0 Å². The fourth-order valence-corrected chi connectivity index (χ4v) is 13.8. The van der Waals surface area contributed by atoms with Gasteiger partial charge in [-0.3, -0.25) is 37.3 Å². The number of aliphatic hydroxyl groups excluding tert-OH is 1. The molecule has 0 aliphatic rings. The fraction of sp³-hybridized carbons (Fsp3) is 0.949. The Morgan fingerprint density at radius 2 is 0.490 bits per heavy atom. The lowest BCUT2D eigenvalue weighted by Gasteiger charge is -2.21. The molecule has 3 N–H and O–H groups in total. The van der Waals surface area contributed by atoms with Gasteiger partial charge in [0.2, 0.25) is 0 Å². The number of phosphoric acid groups is 2. The summed E-state index contributed by atoms with van der Waals surface area (Å²) in [5, 5.41) is 10.6. The number of aliphatic hydroxyl groups is 1. The molecule has 0 aromatic carbocycles. The Morgan fingerprint density at radius 1 is 0.286 bits per heavy atom. The number of phosphoric ester groups is 2. The summed E-state index contributed by atoms with van der Waals surface area (Å²) in [4.78, 5) is 72.9. The van der Waals surface area contributed by atoms with E-state index in [4.69, 9.17) is 37.0 Å². The lowest BCUT2D eigenvalue weighted by Crippen LogP contribution is -2.30. The van der Waals surface area contributed by atoms with Crippen LogP contribution in [0.25, 0.3) is 0 Å². The molecule has 19 heteroatoms. The molecule has 17 nitrogen and oxygen atoms in total. The Morgan fingerprint density at radius 3 is 0.724 bits per heavy atom. The maximum absolute atomic E-state index is 13.1. The Bertz CT molecular complexity index is 1880. The van der Waals surface area contributed by atoms with E-state index >= 15 is 0 Å². The van der Waals surface area contributed by atoms with Crippen molar-refractivity contribution in [2.75, 3.05) is 39.6 Å². The van der Waals surface area contributed by atoms with Gasteiger partial charge in [-0.2, -0.15) is 0 Å². The van der Waals surface area contributed by atoms with Gasteiger partial charge in [-0.25, -0.2) is 9.13 Å². The molecule has 3 unspecified atom stereocenters. The third-order valence-electron chi connectivity index (χ3n) is 18.9. The van der Waals surface area contributed by atoms with Gasteiger partial charge in [-0.1, -0.05) is 369 Å². The summed E-state index contributed by atoms with van der Waals surface area (Å²) in [6.45, 7) is 7.36. The molecule has 582 valence electrons. The first-order valence-corrected chi connectivity index (χ1v) is 44.2. The highest BCUT2D eigenvalue weighted by Gasteiger charge is 2.30. The van der Waals surface area contributed by atoms with Gasteiger partial charge in [0.15, 0.2) is 12.2 Å². The molecule has 0 saturated heterocycles. The Hall–Kier alpha value is -1.94. The van der Waals surface area contributed by atoms with E-state index in [2.05, 4.69) is 34.6 Å². The molecule has 0 amide bonds. The summed E-state index contributed by atoms with van der Waals surface area (Å²) in [7, 11) is -9.91. The topological polar surface area (TPSA) is 237 Å². The van der Waals surface area contributed by atoms with Crippen molar-refractivity contribution in [3.63, 3.8) is 0 Å². The van der Waals surface area contributed by atoms with Crippen LogP contribution in [-0.4, -0.2) is 96.7 Å². The molecule has 0 fully saturated rings. The highest BCUT2D eigenvalue weighted by Crippen LogP contribution is 2.45. The van der Waals surface area contributed by atoms with E-state index in [9.17, 15) is 43.2 Å². The number of carbonyl (C=O) groups excluding carboxylic acids is 4. The molecule has 0 aromatic heterocycles. The Kier molecular flexibility index (Phi) is 70.6. The standard InChI is InChI=1S/C79H154O17P2/c1-6-10-13-16-19-22-25-27-28-29-30-31-35-39-43-48-53-58-63-77(82)90-69-75(96-79(84)65-60-55-50-45-40-36-33-32-34-37-41-46-51-56-61-72(5)9-4)71-94-98(87,88)92-67-73(80)66-91-97(85,86)93-70-74(68-89-76(81)62-57-52-47-42-24-21-18-15-12-8-3)95-78(83)64-59-54-49-44-38-26-23-20-17-14-11-7-2/h72-75,80H,6-71H2,1-5H3,(H,85,86)(H,87,88)/t72?,73-,74+,75+/m0/s1. The molecular formula is C79H154O17P2. The minimum atomic E-state index is -4.96. The number of carbonyl (C=O) groups is 4. The van der Waals surface area contributed by atoms with E-state index in [1.165, 1.54) is 244 Å². The van der Waals surface area contributed by atoms with Gasteiger partial charge >= 0.3 is 39.5 Å². The van der Waals surface area contributed by atoms with E-state index in [0.29, 0.717) is 25.7 Å². The first-order valence-electron chi connectivity index (χ1n) is 41.2. The first kappa shape index (κ1) is 96.1. The molecule has 0 radical (unpaired) electrons. The molecule has 0 aliphatic carbocycles. The highest BCUT2D eigenvalue weighted by molar-refractivity contribution is 7.47. The number of hydrogen-bond donors (Lipinski definition) is 3. The second-order valence-corrected chi connectivity index (χ2v) is 31.6. The first-order chi connectivity index (χ1) is 47.6. The number of hydrogen-bond acceptors (Lipinski definition) is 15. The third-order valence-corrected chi connectivity index (χ3v) is 20.8. The van der Waals surface area contributed by atoms with Gasteiger partial charge in [0.25, 0.3) is 0 Å². The molecule has 0 heterocycles. The summed E-state index contributed by atoms with van der Waals surface area (Å²) in [5.74, 6) is -1.26.